The van der Waals surface area contributed by atoms with Crippen LogP contribution in [0.5, 0.6) is 0 Å². The van der Waals surface area contributed by atoms with E-state index in [9.17, 15) is 20.2 Å². The van der Waals surface area contributed by atoms with Crippen molar-refractivity contribution in [3.8, 4) is 0 Å². The van der Waals surface area contributed by atoms with Gasteiger partial charge in [0.05, 0.1) is 9.85 Å². The first kappa shape index (κ1) is 33.1. The van der Waals surface area contributed by atoms with Crippen molar-refractivity contribution >= 4 is 22.7 Å². The number of anilines is 2. The highest BCUT2D eigenvalue weighted by Gasteiger charge is 2.07. The maximum atomic E-state index is 10.7. The smallest absolute Gasteiger partial charge is 0.269 e. The van der Waals surface area contributed by atoms with Crippen molar-refractivity contribution in [3.05, 3.63) is 210 Å². The van der Waals surface area contributed by atoms with Crippen LogP contribution in [0, 0.1) is 20.2 Å². The Kier molecular flexibility index (Phi) is 10.9. The van der Waals surface area contributed by atoms with Crippen molar-refractivity contribution in [2.24, 2.45) is 0 Å². The molecule has 6 rings (SSSR count). The fourth-order valence-electron chi connectivity index (χ4n) is 5.23. The van der Waals surface area contributed by atoms with E-state index in [4.69, 9.17) is 11.5 Å². The summed E-state index contributed by atoms with van der Waals surface area (Å²) in [6.45, 7) is 0. The van der Waals surface area contributed by atoms with E-state index < -0.39 is 9.85 Å². The van der Waals surface area contributed by atoms with Gasteiger partial charge >= 0.3 is 0 Å². The maximum absolute atomic E-state index is 10.7. The third kappa shape index (κ3) is 9.86. The molecule has 48 heavy (non-hydrogen) atoms. The zero-order valence-electron chi connectivity index (χ0n) is 26.4. The second-order valence-corrected chi connectivity index (χ2v) is 11.7. The molecule has 0 spiro atoms. The first-order valence-corrected chi connectivity index (χ1v) is 15.5. The number of hydrogen-bond acceptors (Lipinski definition) is 6. The zero-order valence-corrected chi connectivity index (χ0v) is 26.4. The third-order valence-electron chi connectivity index (χ3n) is 7.93. The number of nitrogens with zero attached hydrogens (tertiary/aromatic N) is 2. The predicted molar refractivity (Wildman–Crippen MR) is 192 cm³/mol. The Morgan fingerprint density at radius 1 is 0.333 bits per heavy atom. The quantitative estimate of drug-likeness (QED) is 0.0876. The third-order valence-corrected chi connectivity index (χ3v) is 7.93. The van der Waals surface area contributed by atoms with E-state index in [2.05, 4.69) is 48.5 Å². The van der Waals surface area contributed by atoms with Gasteiger partial charge in [-0.25, -0.2) is 0 Å². The molecule has 0 aromatic heterocycles. The van der Waals surface area contributed by atoms with Gasteiger partial charge in [-0.15, -0.1) is 0 Å². The average Bonchev–Trinajstić information content (AvgIpc) is 3.09. The lowest BCUT2D eigenvalue weighted by molar-refractivity contribution is -0.385. The molecule has 0 unspecified atom stereocenters. The van der Waals surface area contributed by atoms with Crippen LogP contribution < -0.4 is 11.5 Å². The van der Waals surface area contributed by atoms with Crippen LogP contribution in [0.3, 0.4) is 0 Å². The molecule has 0 atom stereocenters. The minimum atomic E-state index is -0.406. The number of hydrogen-bond donors (Lipinski definition) is 2. The second-order valence-electron chi connectivity index (χ2n) is 11.7. The Morgan fingerprint density at radius 2 is 0.500 bits per heavy atom. The summed E-state index contributed by atoms with van der Waals surface area (Å²) in [6.07, 6.45) is 3.27. The van der Waals surface area contributed by atoms with E-state index in [1.165, 1.54) is 46.5 Å². The monoisotopic (exact) mass is 636 g/mol. The molecule has 0 saturated heterocycles. The van der Waals surface area contributed by atoms with Crippen molar-refractivity contribution in [1.29, 1.82) is 0 Å². The number of rotatable bonds is 10. The van der Waals surface area contributed by atoms with Crippen LogP contribution in [-0.2, 0) is 25.7 Å². The molecule has 0 fully saturated rings. The van der Waals surface area contributed by atoms with E-state index in [0.717, 1.165) is 46.5 Å². The molecule has 0 aliphatic heterocycles. The lowest BCUT2D eigenvalue weighted by Gasteiger charge is -2.06. The minimum absolute atomic E-state index is 0.0900. The van der Waals surface area contributed by atoms with Crippen molar-refractivity contribution in [2.75, 3.05) is 11.5 Å². The number of nitro benzene ring substituents is 2. The first-order chi connectivity index (χ1) is 23.2. The molecule has 0 radical (unpaired) electrons. The van der Waals surface area contributed by atoms with E-state index >= 15 is 0 Å². The predicted octanol–water partition coefficient (Wildman–Crippen LogP) is 8.72. The fourth-order valence-corrected chi connectivity index (χ4v) is 5.23. The van der Waals surface area contributed by atoms with Gasteiger partial charge in [-0.05, 0) is 94.5 Å². The van der Waals surface area contributed by atoms with Crippen LogP contribution in [0.25, 0.3) is 0 Å². The second kappa shape index (κ2) is 15.8. The van der Waals surface area contributed by atoms with Gasteiger partial charge in [-0.2, -0.15) is 0 Å². The summed E-state index contributed by atoms with van der Waals surface area (Å²) in [6, 6.07) is 46.1. The van der Waals surface area contributed by atoms with Crippen LogP contribution in [0.4, 0.5) is 22.7 Å². The highest BCUT2D eigenvalue weighted by molar-refractivity contribution is 5.43. The van der Waals surface area contributed by atoms with E-state index in [0.29, 0.717) is 12.8 Å². The first-order valence-electron chi connectivity index (χ1n) is 15.5. The molecule has 8 heteroatoms. The number of nitrogen functional groups attached to an aromatic ring is 2. The van der Waals surface area contributed by atoms with Gasteiger partial charge in [0.25, 0.3) is 11.4 Å². The molecule has 0 aliphatic carbocycles. The summed E-state index contributed by atoms with van der Waals surface area (Å²) in [5.74, 6) is 0. The lowest BCUT2D eigenvalue weighted by Crippen LogP contribution is -1.93. The number of nitrogens with two attached hydrogens (primary N) is 2. The molecular weight excluding hydrogens is 600 g/mol. The van der Waals surface area contributed by atoms with Gasteiger partial charge in [0.1, 0.15) is 0 Å². The summed E-state index contributed by atoms with van der Waals surface area (Å²) in [5.41, 5.74) is 22.7. The summed E-state index contributed by atoms with van der Waals surface area (Å²) in [4.78, 5) is 20.6. The van der Waals surface area contributed by atoms with Gasteiger partial charge in [0.15, 0.2) is 0 Å². The van der Waals surface area contributed by atoms with Gasteiger partial charge in [-0.3, -0.25) is 20.2 Å². The fraction of sp³-hybridized carbons (Fsp3) is 0.100. The molecule has 0 aliphatic rings. The molecule has 6 aromatic rings. The van der Waals surface area contributed by atoms with Crippen LogP contribution in [0.2, 0.25) is 0 Å². The summed E-state index contributed by atoms with van der Waals surface area (Å²) in [5, 5.41) is 21.4. The molecule has 6 aromatic carbocycles. The van der Waals surface area contributed by atoms with Gasteiger partial charge in [0.2, 0.25) is 0 Å². The summed E-state index contributed by atoms with van der Waals surface area (Å²) < 4.78 is 0. The van der Waals surface area contributed by atoms with Crippen molar-refractivity contribution in [2.45, 2.75) is 25.7 Å². The van der Waals surface area contributed by atoms with Crippen molar-refractivity contribution in [1.82, 2.24) is 0 Å². The molecular formula is C40H36N4O4. The lowest BCUT2D eigenvalue weighted by atomic mass is 10.00. The van der Waals surface area contributed by atoms with Gasteiger partial charge in [-0.1, -0.05) is 97.1 Å². The molecule has 240 valence electrons. The molecule has 8 nitrogen and oxygen atoms in total. The SMILES string of the molecule is Nc1ccc(Cc2ccc(Cc3ccc(N)cc3)cc2)cc1.O=[N+]([O-])c1ccc(Cc2ccc(Cc3ccc([N+](=O)[O-])cc3)cc2)cc1. The van der Waals surface area contributed by atoms with E-state index in [1.54, 1.807) is 24.3 Å². The van der Waals surface area contributed by atoms with Crippen LogP contribution in [0.1, 0.15) is 44.5 Å². The Balaban J connectivity index is 0.000000190. The number of nitro groups is 2. The number of non-ortho nitro benzene ring substituents is 2. The van der Waals surface area contributed by atoms with E-state index in [-0.39, 0.29) is 11.4 Å². The molecule has 0 bridgehead atoms. The van der Waals surface area contributed by atoms with Crippen molar-refractivity contribution in [3.63, 3.8) is 0 Å². The Morgan fingerprint density at radius 3 is 0.688 bits per heavy atom. The van der Waals surface area contributed by atoms with Crippen LogP contribution >= 0.6 is 0 Å². The average molecular weight is 637 g/mol. The standard InChI is InChI=1S/C20H16N2O4.C20H20N2/c23-21(24)19-9-5-17(6-10-19)13-15-1-2-16(4-3-15)14-18-7-11-20(12-8-18)22(25)26;21-19-9-5-17(6-10-19)13-15-1-2-16(4-3-15)14-18-7-11-20(22)12-8-18/h1-12H,13-14H2;1-12H,13-14,21-22H2. The molecule has 4 N–H and O–H groups in total. The largest absolute Gasteiger partial charge is 0.399 e. The summed E-state index contributed by atoms with van der Waals surface area (Å²) in [7, 11) is 0. The normalized spacial score (nSPS) is 10.5. The van der Waals surface area contributed by atoms with Crippen LogP contribution in [0.15, 0.2) is 146 Å². The van der Waals surface area contributed by atoms with Crippen LogP contribution in [-0.4, -0.2) is 9.85 Å². The molecule has 0 amide bonds. The Labute approximate surface area is 279 Å². The molecule has 0 heterocycles. The Bertz CT molecular complexity index is 1790. The topological polar surface area (TPSA) is 138 Å². The minimum Gasteiger partial charge on any atom is -0.399 e. The van der Waals surface area contributed by atoms with Gasteiger partial charge in [0, 0.05) is 35.6 Å². The van der Waals surface area contributed by atoms with Crippen molar-refractivity contribution < 1.29 is 9.85 Å². The summed E-state index contributed by atoms with van der Waals surface area (Å²) >= 11 is 0. The number of benzene rings is 6. The highest BCUT2D eigenvalue weighted by atomic mass is 16.6. The van der Waals surface area contributed by atoms with E-state index in [1.807, 2.05) is 48.5 Å². The molecule has 0 saturated carbocycles. The zero-order chi connectivity index (χ0) is 33.9. The highest BCUT2D eigenvalue weighted by Crippen LogP contribution is 2.19. The maximum Gasteiger partial charge on any atom is 0.269 e. The van der Waals surface area contributed by atoms with Gasteiger partial charge < -0.3 is 11.5 Å². The Hall–Kier alpha value is -6.28.